The molecule has 0 saturated heterocycles. The van der Waals surface area contributed by atoms with Crippen molar-refractivity contribution < 1.29 is 0 Å². The van der Waals surface area contributed by atoms with Crippen LogP contribution in [0, 0.1) is 25.7 Å². The second kappa shape index (κ2) is 5.75. The summed E-state index contributed by atoms with van der Waals surface area (Å²) < 4.78 is 0. The first-order valence-electron chi connectivity index (χ1n) is 7.53. The van der Waals surface area contributed by atoms with E-state index >= 15 is 0 Å². The maximum atomic E-state index is 4.25. The number of nitrogens with one attached hydrogen (secondary N) is 1. The molecule has 1 heteroatoms. The van der Waals surface area contributed by atoms with Gasteiger partial charge in [-0.05, 0) is 49.4 Å². The van der Waals surface area contributed by atoms with Crippen molar-refractivity contribution in [3.8, 4) is 11.8 Å². The van der Waals surface area contributed by atoms with Gasteiger partial charge in [-0.3, -0.25) is 0 Å². The molecule has 1 N–H and O–H groups in total. The van der Waals surface area contributed by atoms with E-state index in [9.17, 15) is 0 Å². The summed E-state index contributed by atoms with van der Waals surface area (Å²) in [6.07, 6.45) is 4.59. The molecule has 0 aromatic heterocycles. The van der Waals surface area contributed by atoms with Gasteiger partial charge in [0.15, 0.2) is 0 Å². The first kappa shape index (κ1) is 14.7. The average molecular weight is 267 g/mol. The zero-order valence-corrected chi connectivity index (χ0v) is 13.2. The molecule has 1 saturated carbocycles. The second-order valence-corrected chi connectivity index (χ2v) is 5.80. The minimum Gasteiger partial charge on any atom is -0.391 e. The molecule has 1 aliphatic rings. The highest BCUT2D eigenvalue weighted by molar-refractivity contribution is 5.51. The van der Waals surface area contributed by atoms with Crippen LogP contribution in [-0.2, 0) is 5.41 Å². The number of hydrogen-bond acceptors (Lipinski definition) is 1. The van der Waals surface area contributed by atoms with Crippen molar-refractivity contribution in [3.63, 3.8) is 0 Å². The van der Waals surface area contributed by atoms with E-state index in [1.54, 1.807) is 0 Å². The first-order valence-corrected chi connectivity index (χ1v) is 7.53. The van der Waals surface area contributed by atoms with Crippen molar-refractivity contribution in [2.24, 2.45) is 0 Å². The zero-order chi connectivity index (χ0) is 14.8. The SMILES string of the molecule is C=C(NC)C1(c2cc(C)c(C#CCC)cc2C)CCC1. The average Bonchev–Trinajstić information content (AvgIpc) is 2.39. The van der Waals surface area contributed by atoms with Crippen LogP contribution in [0.3, 0.4) is 0 Å². The van der Waals surface area contributed by atoms with Crippen LogP contribution in [-0.4, -0.2) is 7.05 Å². The van der Waals surface area contributed by atoms with Crippen molar-refractivity contribution in [2.75, 3.05) is 7.05 Å². The molecule has 106 valence electrons. The van der Waals surface area contributed by atoms with Gasteiger partial charge in [0.25, 0.3) is 0 Å². The molecule has 0 bridgehead atoms. The van der Waals surface area contributed by atoms with Gasteiger partial charge in [0.1, 0.15) is 0 Å². The minimum atomic E-state index is 0.139. The minimum absolute atomic E-state index is 0.139. The monoisotopic (exact) mass is 267 g/mol. The molecule has 0 heterocycles. The van der Waals surface area contributed by atoms with E-state index in [4.69, 9.17) is 0 Å². The predicted octanol–water partition coefficient (Wildman–Crippen LogP) is 4.22. The highest BCUT2D eigenvalue weighted by Gasteiger charge is 2.42. The van der Waals surface area contributed by atoms with Gasteiger partial charge < -0.3 is 5.32 Å². The van der Waals surface area contributed by atoms with E-state index in [0.717, 1.165) is 17.7 Å². The Labute approximate surface area is 123 Å². The topological polar surface area (TPSA) is 12.0 Å². The van der Waals surface area contributed by atoms with E-state index in [-0.39, 0.29) is 5.41 Å². The summed E-state index contributed by atoms with van der Waals surface area (Å²) in [5.74, 6) is 6.45. The summed E-state index contributed by atoms with van der Waals surface area (Å²) >= 11 is 0. The van der Waals surface area contributed by atoms with Gasteiger partial charge in [0.05, 0.1) is 0 Å². The Morgan fingerprint density at radius 1 is 1.30 bits per heavy atom. The third kappa shape index (κ3) is 2.36. The van der Waals surface area contributed by atoms with Gasteiger partial charge in [0.2, 0.25) is 0 Å². The largest absolute Gasteiger partial charge is 0.391 e. The number of aryl methyl sites for hydroxylation is 2. The molecule has 1 aromatic rings. The molecular formula is C19H25N. The molecule has 20 heavy (non-hydrogen) atoms. The molecule has 1 aromatic carbocycles. The van der Waals surface area contributed by atoms with Crippen LogP contribution in [0.1, 0.15) is 54.9 Å². The van der Waals surface area contributed by atoms with Crippen molar-refractivity contribution >= 4 is 0 Å². The third-order valence-electron chi connectivity index (χ3n) is 4.57. The lowest BCUT2D eigenvalue weighted by Crippen LogP contribution is -2.41. The predicted molar refractivity (Wildman–Crippen MR) is 86.8 cm³/mol. The standard InChI is InChI=1S/C19H25N/c1-6-7-9-17-12-15(3)18(13-14(17)2)19(10-8-11-19)16(4)20-5/h12-13,20H,4,6,8,10-11H2,1-3,5H3. The van der Waals surface area contributed by atoms with Gasteiger partial charge in [-0.15, -0.1) is 0 Å². The fourth-order valence-corrected chi connectivity index (χ4v) is 3.15. The van der Waals surface area contributed by atoms with E-state index < -0.39 is 0 Å². The molecule has 1 aliphatic carbocycles. The van der Waals surface area contributed by atoms with Crippen molar-refractivity contribution in [1.82, 2.24) is 5.32 Å². The Kier molecular flexibility index (Phi) is 4.23. The summed E-state index contributed by atoms with van der Waals surface area (Å²) in [4.78, 5) is 0. The van der Waals surface area contributed by atoms with Gasteiger partial charge in [-0.1, -0.05) is 37.8 Å². The van der Waals surface area contributed by atoms with Gasteiger partial charge >= 0.3 is 0 Å². The van der Waals surface area contributed by atoms with Crippen molar-refractivity contribution in [2.45, 2.75) is 51.9 Å². The van der Waals surface area contributed by atoms with Gasteiger partial charge in [-0.2, -0.15) is 0 Å². The van der Waals surface area contributed by atoms with Crippen molar-refractivity contribution in [3.05, 3.63) is 46.7 Å². The summed E-state index contributed by atoms with van der Waals surface area (Å²) in [7, 11) is 1.98. The van der Waals surface area contributed by atoms with Crippen LogP contribution in [0.15, 0.2) is 24.4 Å². The lowest BCUT2D eigenvalue weighted by Gasteiger charge is -2.45. The summed E-state index contributed by atoms with van der Waals surface area (Å²) in [6.45, 7) is 10.7. The lowest BCUT2D eigenvalue weighted by molar-refractivity contribution is 0.282. The van der Waals surface area contributed by atoms with Crippen molar-refractivity contribution in [1.29, 1.82) is 0 Å². The molecule has 1 nitrogen and oxygen atoms in total. The Morgan fingerprint density at radius 2 is 2.00 bits per heavy atom. The number of hydrogen-bond donors (Lipinski definition) is 1. The van der Waals surface area contributed by atoms with Crippen LogP contribution < -0.4 is 5.32 Å². The summed E-state index contributed by atoms with van der Waals surface area (Å²) in [6, 6.07) is 4.58. The summed E-state index contributed by atoms with van der Waals surface area (Å²) in [5, 5.41) is 3.28. The fourth-order valence-electron chi connectivity index (χ4n) is 3.15. The van der Waals surface area contributed by atoms with Crippen LogP contribution >= 0.6 is 0 Å². The number of allylic oxidation sites excluding steroid dienone is 1. The van der Waals surface area contributed by atoms with E-state index in [1.807, 2.05) is 7.05 Å². The van der Waals surface area contributed by atoms with Crippen LogP contribution in [0.25, 0.3) is 0 Å². The number of benzene rings is 1. The second-order valence-electron chi connectivity index (χ2n) is 5.80. The molecule has 1 fully saturated rings. The smallest absolute Gasteiger partial charge is 0.0346 e. The molecule has 0 amide bonds. The molecule has 2 rings (SSSR count). The number of likely N-dealkylation sites (N-methyl/N-ethyl adjacent to an activating group) is 1. The Hall–Kier alpha value is -1.68. The first-order chi connectivity index (χ1) is 9.55. The van der Waals surface area contributed by atoms with E-state index in [2.05, 4.69) is 56.6 Å². The Morgan fingerprint density at radius 3 is 2.50 bits per heavy atom. The third-order valence-corrected chi connectivity index (χ3v) is 4.57. The molecule has 0 aliphatic heterocycles. The van der Waals surface area contributed by atoms with Crippen LogP contribution in [0.2, 0.25) is 0 Å². The Balaban J connectivity index is 2.48. The fraction of sp³-hybridized carbons (Fsp3) is 0.474. The summed E-state index contributed by atoms with van der Waals surface area (Å²) in [5.41, 5.74) is 6.51. The Bertz CT molecular complexity index is 580. The quantitative estimate of drug-likeness (QED) is 0.809. The zero-order valence-electron chi connectivity index (χ0n) is 13.2. The lowest BCUT2D eigenvalue weighted by atomic mass is 9.61. The van der Waals surface area contributed by atoms with Crippen LogP contribution in [0.4, 0.5) is 0 Å². The highest BCUT2D eigenvalue weighted by atomic mass is 14.9. The highest BCUT2D eigenvalue weighted by Crippen LogP contribution is 2.49. The molecule has 0 unspecified atom stereocenters. The number of rotatable bonds is 3. The normalized spacial score (nSPS) is 15.8. The van der Waals surface area contributed by atoms with E-state index in [1.165, 1.54) is 36.0 Å². The molecule has 0 atom stereocenters. The maximum Gasteiger partial charge on any atom is 0.0346 e. The van der Waals surface area contributed by atoms with Crippen LogP contribution in [0.5, 0.6) is 0 Å². The molecular weight excluding hydrogens is 242 g/mol. The molecule has 0 radical (unpaired) electrons. The van der Waals surface area contributed by atoms with Gasteiger partial charge in [0, 0.05) is 30.1 Å². The van der Waals surface area contributed by atoms with E-state index in [0.29, 0.717) is 0 Å². The van der Waals surface area contributed by atoms with Gasteiger partial charge in [-0.25, -0.2) is 0 Å². The maximum absolute atomic E-state index is 4.25. The molecule has 0 spiro atoms.